The minimum Gasteiger partial charge on any atom is -0.462 e. The average Bonchev–Trinajstić information content (AvgIpc) is 3.88. The van der Waals surface area contributed by atoms with Gasteiger partial charge in [-0.2, -0.15) is 0 Å². The summed E-state index contributed by atoms with van der Waals surface area (Å²) >= 11 is 0. The SMILES string of the molecule is CCc1nc2c(n1C)[C@@H]1C[C@@H](O[C@@H]3OC(C)[C@H](OC)C(OC)[C@@H]3OC)C[C@H]1[C@@H]1C=C3C(=O)[C@H](C)[C@@H](O[C@H]4CC[C@H](N(C)C)C(C)O4)CCC[C@H](CC)OC(=O)C[C@H]3[C@H]21. The fraction of sp³-hybridized carbons (Fsp3) is 0.844. The number of rotatable bonds is 10. The Balaban J connectivity index is 1.21. The van der Waals surface area contributed by atoms with Crippen LogP contribution in [0.25, 0.3) is 0 Å². The van der Waals surface area contributed by atoms with Gasteiger partial charge in [-0.15, -0.1) is 0 Å². The van der Waals surface area contributed by atoms with Crippen LogP contribution >= 0.6 is 0 Å². The lowest BCUT2D eigenvalue weighted by atomic mass is 9.66. The smallest absolute Gasteiger partial charge is 0.306 e. The number of Topliss-reactive ketones (excluding diaryl/α,β-unsaturated/α-hetero) is 1. The third kappa shape index (κ3) is 8.24. The lowest BCUT2D eigenvalue weighted by Crippen LogP contribution is -2.59. The zero-order valence-corrected chi connectivity index (χ0v) is 36.9. The standard InChI is InChI=1S/C45H71N3O10/c1-12-26-15-14-16-34(58-37-18-17-33(47(6)7)24(4)54-37)23(3)41(50)32-21-29-28-19-27(57-45-44(53-11)43(52-10)42(51-9)25(5)55-45)20-31(28)40-39(46-35(13-2)48(40)8)38(29)30(32)22-36(49)56-26/h21,23-31,33-34,37-38,42-45H,12-20,22H2,1-11H3/t23-,24?,25?,26+,27+,28+,29+,30-,31-,33+,34+,37+,38-,42+,43?,44+,45+/m1/s1. The number of nitrogens with zero attached hydrogens (tertiary/aromatic N) is 3. The predicted octanol–water partition coefficient (Wildman–Crippen LogP) is 5.86. The molecule has 0 aromatic carbocycles. The molecule has 1 aromatic heterocycles. The molecule has 7 rings (SSSR count). The summed E-state index contributed by atoms with van der Waals surface area (Å²) in [5.74, 6) is 0.241. The van der Waals surface area contributed by atoms with Gasteiger partial charge in [0.2, 0.25) is 0 Å². The Morgan fingerprint density at radius 1 is 0.879 bits per heavy atom. The van der Waals surface area contributed by atoms with Gasteiger partial charge in [-0.05, 0) is 96.7 Å². The highest BCUT2D eigenvalue weighted by Gasteiger charge is 2.57. The summed E-state index contributed by atoms with van der Waals surface area (Å²) in [4.78, 5) is 36.6. The highest BCUT2D eigenvalue weighted by molar-refractivity contribution is 5.99. The summed E-state index contributed by atoms with van der Waals surface area (Å²) in [6.45, 7) is 10.3. The second-order valence-corrected chi connectivity index (χ2v) is 18.2. The van der Waals surface area contributed by atoms with E-state index in [9.17, 15) is 4.79 Å². The molecule has 3 aliphatic heterocycles. The Kier molecular flexibility index (Phi) is 13.9. The molecular formula is C45H71N3O10. The summed E-state index contributed by atoms with van der Waals surface area (Å²) in [5, 5.41) is 0. The van der Waals surface area contributed by atoms with Crippen LogP contribution < -0.4 is 0 Å². The molecule has 13 heteroatoms. The first-order valence-corrected chi connectivity index (χ1v) is 22.2. The van der Waals surface area contributed by atoms with E-state index >= 15 is 4.79 Å². The molecule has 3 saturated heterocycles. The van der Waals surface area contributed by atoms with Crippen molar-refractivity contribution >= 4 is 11.8 Å². The maximum Gasteiger partial charge on any atom is 0.306 e. The van der Waals surface area contributed by atoms with Gasteiger partial charge in [0.1, 0.15) is 30.2 Å². The highest BCUT2D eigenvalue weighted by atomic mass is 16.7. The first-order chi connectivity index (χ1) is 27.8. The third-order valence-corrected chi connectivity index (χ3v) is 14.8. The summed E-state index contributed by atoms with van der Waals surface area (Å²) in [5.41, 5.74) is 2.94. The second kappa shape index (κ2) is 18.4. The number of ether oxygens (including phenoxy) is 8. The van der Waals surface area contributed by atoms with Crippen LogP contribution in [0.2, 0.25) is 0 Å². The molecule has 6 aliphatic rings. The number of imidazole rings is 1. The van der Waals surface area contributed by atoms with Crippen molar-refractivity contribution in [3.05, 3.63) is 28.9 Å². The summed E-state index contributed by atoms with van der Waals surface area (Å²) in [6, 6.07) is 0.322. The topological polar surface area (TPSA) is 129 Å². The van der Waals surface area contributed by atoms with E-state index in [-0.39, 0.29) is 96.8 Å². The Labute approximate surface area is 346 Å². The van der Waals surface area contributed by atoms with Crippen molar-refractivity contribution < 1.29 is 47.5 Å². The number of esters is 1. The van der Waals surface area contributed by atoms with Gasteiger partial charge < -0.3 is 47.4 Å². The number of allylic oxidation sites excluding steroid dienone is 2. The lowest BCUT2D eigenvalue weighted by Gasteiger charge is -2.44. The Bertz CT molecular complexity index is 1630. The van der Waals surface area contributed by atoms with Crippen molar-refractivity contribution in [3.8, 4) is 0 Å². The number of methoxy groups -OCH3 is 3. The van der Waals surface area contributed by atoms with Gasteiger partial charge >= 0.3 is 5.97 Å². The molecular weight excluding hydrogens is 743 g/mol. The summed E-state index contributed by atoms with van der Waals surface area (Å²) in [7, 11) is 11.3. The van der Waals surface area contributed by atoms with E-state index in [4.69, 9.17) is 42.9 Å². The van der Waals surface area contributed by atoms with E-state index in [1.54, 1.807) is 21.3 Å². The van der Waals surface area contributed by atoms with Crippen LogP contribution in [0.4, 0.5) is 0 Å². The Morgan fingerprint density at radius 2 is 1.62 bits per heavy atom. The van der Waals surface area contributed by atoms with Crippen molar-refractivity contribution in [1.82, 2.24) is 14.5 Å². The van der Waals surface area contributed by atoms with Crippen molar-refractivity contribution in [3.63, 3.8) is 0 Å². The van der Waals surface area contributed by atoms with Crippen LogP contribution in [-0.4, -0.2) is 129 Å². The van der Waals surface area contributed by atoms with E-state index in [0.29, 0.717) is 12.5 Å². The van der Waals surface area contributed by atoms with Crippen LogP contribution in [0.15, 0.2) is 11.6 Å². The van der Waals surface area contributed by atoms with Crippen molar-refractivity contribution in [2.75, 3.05) is 35.4 Å². The largest absolute Gasteiger partial charge is 0.462 e. The zero-order valence-electron chi connectivity index (χ0n) is 36.9. The number of cyclic esters (lactones) is 1. The molecule has 0 bridgehead atoms. The molecule has 0 amide bonds. The lowest BCUT2D eigenvalue weighted by molar-refractivity contribution is -0.314. The number of hydrogen-bond donors (Lipinski definition) is 0. The number of ketones is 1. The summed E-state index contributed by atoms with van der Waals surface area (Å²) < 4.78 is 52.6. The molecule has 17 atom stereocenters. The first-order valence-electron chi connectivity index (χ1n) is 22.2. The molecule has 3 unspecified atom stereocenters. The number of aryl methyl sites for hydroxylation is 1. The van der Waals surface area contributed by atoms with Gasteiger partial charge in [0.25, 0.3) is 0 Å². The number of carbonyl (C=O) groups is 2. The van der Waals surface area contributed by atoms with Gasteiger partial charge in [0, 0.05) is 70.2 Å². The van der Waals surface area contributed by atoms with E-state index < -0.39 is 18.3 Å². The molecule has 13 nitrogen and oxygen atoms in total. The second-order valence-electron chi connectivity index (χ2n) is 18.2. The maximum atomic E-state index is 15.1. The minimum absolute atomic E-state index is 0.000587. The van der Waals surface area contributed by atoms with Crippen molar-refractivity contribution in [2.45, 2.75) is 178 Å². The number of aromatic nitrogens is 2. The molecule has 326 valence electrons. The number of hydrogen-bond acceptors (Lipinski definition) is 12. The van der Waals surface area contributed by atoms with E-state index in [2.05, 4.69) is 57.5 Å². The Hall–Kier alpha value is -2.23. The highest BCUT2D eigenvalue weighted by Crippen LogP contribution is 2.61. The van der Waals surface area contributed by atoms with E-state index in [1.165, 1.54) is 5.69 Å². The number of carbonyl (C=O) groups excluding carboxylic acids is 2. The maximum absolute atomic E-state index is 15.1. The minimum atomic E-state index is -0.642. The van der Waals surface area contributed by atoms with Gasteiger partial charge in [-0.3, -0.25) is 9.59 Å². The van der Waals surface area contributed by atoms with Gasteiger partial charge in [0.05, 0.1) is 36.5 Å². The molecule has 0 spiro atoms. The molecule has 3 aliphatic carbocycles. The van der Waals surface area contributed by atoms with E-state index in [1.807, 2.05) is 13.8 Å². The van der Waals surface area contributed by atoms with Gasteiger partial charge in [-0.25, -0.2) is 4.98 Å². The quantitative estimate of drug-likeness (QED) is 0.263. The zero-order chi connectivity index (χ0) is 41.6. The average molecular weight is 814 g/mol. The van der Waals surface area contributed by atoms with Gasteiger partial charge in [-0.1, -0.05) is 26.8 Å². The first kappa shape index (κ1) is 43.8. The summed E-state index contributed by atoms with van der Waals surface area (Å²) in [6.07, 6.45) is 6.34. The molecule has 4 heterocycles. The fourth-order valence-corrected chi connectivity index (χ4v) is 11.8. The van der Waals surface area contributed by atoms with Gasteiger partial charge in [0.15, 0.2) is 18.4 Å². The van der Waals surface area contributed by atoms with Crippen LogP contribution in [0.3, 0.4) is 0 Å². The molecule has 4 fully saturated rings. The normalized spacial score (nSPS) is 42.1. The van der Waals surface area contributed by atoms with Crippen molar-refractivity contribution in [1.29, 1.82) is 0 Å². The van der Waals surface area contributed by atoms with Crippen molar-refractivity contribution in [2.24, 2.45) is 30.7 Å². The van der Waals surface area contributed by atoms with E-state index in [0.717, 1.165) is 68.5 Å². The molecule has 1 saturated carbocycles. The number of likely N-dealkylation sites (N-methyl/N-ethyl adjacent to an activating group) is 1. The van der Waals surface area contributed by atoms with Crippen LogP contribution in [-0.2, 0) is 61.0 Å². The number of fused-ring (bicyclic) bond motifs is 8. The van der Waals surface area contributed by atoms with Crippen LogP contribution in [0, 0.1) is 23.7 Å². The molecule has 0 N–H and O–H groups in total. The monoisotopic (exact) mass is 814 g/mol. The third-order valence-electron chi connectivity index (χ3n) is 14.8. The molecule has 58 heavy (non-hydrogen) atoms. The van der Waals surface area contributed by atoms with Crippen LogP contribution in [0.5, 0.6) is 0 Å². The molecule has 0 radical (unpaired) electrons. The molecule has 1 aromatic rings. The fourth-order valence-electron chi connectivity index (χ4n) is 11.8. The predicted molar refractivity (Wildman–Crippen MR) is 216 cm³/mol. The Morgan fingerprint density at radius 3 is 2.28 bits per heavy atom. The van der Waals surface area contributed by atoms with Crippen LogP contribution in [0.1, 0.15) is 121 Å².